The first-order valence-corrected chi connectivity index (χ1v) is 8.13. The van der Waals surface area contributed by atoms with E-state index in [2.05, 4.69) is 15.3 Å². The maximum absolute atomic E-state index is 12.3. The van der Waals surface area contributed by atoms with E-state index in [0.29, 0.717) is 25.3 Å². The van der Waals surface area contributed by atoms with E-state index in [1.165, 1.54) is 6.33 Å². The van der Waals surface area contributed by atoms with E-state index in [0.717, 1.165) is 11.3 Å². The van der Waals surface area contributed by atoms with Crippen LogP contribution >= 0.6 is 0 Å². The largest absolute Gasteiger partial charge is 0.497 e. The fraction of sp³-hybridized carbons (Fsp3) is 0.333. The second kappa shape index (κ2) is 7.74. The molecule has 0 aliphatic carbocycles. The predicted octanol–water partition coefficient (Wildman–Crippen LogP) is 1.20. The number of carbonyl (C=O) groups excluding carboxylic acids is 2. The van der Waals surface area contributed by atoms with Crippen molar-refractivity contribution < 1.29 is 14.3 Å². The Morgan fingerprint density at radius 2 is 2.16 bits per heavy atom. The number of benzene rings is 1. The summed E-state index contributed by atoms with van der Waals surface area (Å²) in [4.78, 5) is 34.1. The molecular formula is C18H20N4O3. The minimum absolute atomic E-state index is 0.0511. The number of amides is 2. The number of nitrogens with one attached hydrogen (secondary N) is 1. The molecular weight excluding hydrogens is 320 g/mol. The number of anilines is 1. The molecule has 130 valence electrons. The smallest absolute Gasteiger partial charge is 0.227 e. The lowest BCUT2D eigenvalue weighted by Crippen LogP contribution is -2.34. The van der Waals surface area contributed by atoms with Gasteiger partial charge in [-0.1, -0.05) is 6.07 Å². The van der Waals surface area contributed by atoms with Crippen LogP contribution in [-0.4, -0.2) is 42.0 Å². The maximum Gasteiger partial charge on any atom is 0.227 e. The number of methoxy groups -OCH3 is 1. The Morgan fingerprint density at radius 1 is 1.36 bits per heavy atom. The second-order valence-electron chi connectivity index (χ2n) is 5.89. The number of hydrogen-bond donors (Lipinski definition) is 1. The molecule has 0 radical (unpaired) electrons. The standard InChI is InChI=1S/C18H20N4O3/c1-25-16-4-2-3-15(8-16)22-11-14(7-17(22)23)18(24)21-6-5-13-9-19-12-20-10-13/h2-4,8-10,12,14H,5-7,11H2,1H3,(H,21,24)/t14-/m1/s1. The van der Waals surface area contributed by atoms with E-state index in [1.807, 2.05) is 18.2 Å². The highest BCUT2D eigenvalue weighted by Gasteiger charge is 2.35. The third-order valence-electron chi connectivity index (χ3n) is 4.19. The van der Waals surface area contributed by atoms with E-state index in [9.17, 15) is 9.59 Å². The number of aromatic nitrogens is 2. The minimum atomic E-state index is -0.342. The van der Waals surface area contributed by atoms with Crippen molar-refractivity contribution in [1.29, 1.82) is 0 Å². The van der Waals surface area contributed by atoms with Gasteiger partial charge in [-0.3, -0.25) is 9.59 Å². The van der Waals surface area contributed by atoms with Crippen molar-refractivity contribution in [2.75, 3.05) is 25.1 Å². The zero-order valence-electron chi connectivity index (χ0n) is 14.0. The third kappa shape index (κ3) is 4.12. The van der Waals surface area contributed by atoms with E-state index in [-0.39, 0.29) is 24.2 Å². The number of rotatable bonds is 6. The summed E-state index contributed by atoms with van der Waals surface area (Å²) in [6, 6.07) is 7.29. The minimum Gasteiger partial charge on any atom is -0.497 e. The van der Waals surface area contributed by atoms with Crippen LogP contribution in [0.2, 0.25) is 0 Å². The van der Waals surface area contributed by atoms with Gasteiger partial charge in [-0.15, -0.1) is 0 Å². The molecule has 1 fully saturated rings. The molecule has 1 atom stereocenters. The molecule has 1 saturated heterocycles. The molecule has 2 aromatic rings. The Hall–Kier alpha value is -2.96. The molecule has 1 aliphatic heterocycles. The van der Waals surface area contributed by atoms with Crippen LogP contribution in [0, 0.1) is 5.92 Å². The van der Waals surface area contributed by atoms with Crippen molar-refractivity contribution in [3.05, 3.63) is 48.5 Å². The van der Waals surface area contributed by atoms with Crippen LogP contribution in [0.3, 0.4) is 0 Å². The molecule has 0 spiro atoms. The highest BCUT2D eigenvalue weighted by atomic mass is 16.5. The van der Waals surface area contributed by atoms with Gasteiger partial charge in [-0.2, -0.15) is 0 Å². The van der Waals surface area contributed by atoms with Crippen LogP contribution in [0.5, 0.6) is 5.75 Å². The molecule has 1 aliphatic rings. The molecule has 3 rings (SSSR count). The summed E-state index contributed by atoms with van der Waals surface area (Å²) in [5, 5.41) is 2.89. The van der Waals surface area contributed by atoms with Crippen LogP contribution in [-0.2, 0) is 16.0 Å². The zero-order chi connectivity index (χ0) is 17.6. The highest BCUT2D eigenvalue weighted by Crippen LogP contribution is 2.27. The van der Waals surface area contributed by atoms with E-state index in [1.54, 1.807) is 30.5 Å². The van der Waals surface area contributed by atoms with E-state index < -0.39 is 0 Å². The van der Waals surface area contributed by atoms with Gasteiger partial charge in [0.15, 0.2) is 0 Å². The molecule has 1 aromatic carbocycles. The summed E-state index contributed by atoms with van der Waals surface area (Å²) in [5.41, 5.74) is 1.71. The van der Waals surface area contributed by atoms with Gasteiger partial charge in [0.05, 0.1) is 13.0 Å². The maximum atomic E-state index is 12.3. The average molecular weight is 340 g/mol. The van der Waals surface area contributed by atoms with Gasteiger partial charge < -0.3 is 15.0 Å². The number of carbonyl (C=O) groups is 2. The Morgan fingerprint density at radius 3 is 2.92 bits per heavy atom. The number of ether oxygens (including phenoxy) is 1. The van der Waals surface area contributed by atoms with E-state index >= 15 is 0 Å². The van der Waals surface area contributed by atoms with Gasteiger partial charge >= 0.3 is 0 Å². The Bertz CT molecular complexity index is 751. The normalized spacial score (nSPS) is 16.8. The van der Waals surface area contributed by atoms with Crippen molar-refractivity contribution in [2.24, 2.45) is 5.92 Å². The monoisotopic (exact) mass is 340 g/mol. The van der Waals surface area contributed by atoms with Crippen molar-refractivity contribution in [2.45, 2.75) is 12.8 Å². The van der Waals surface area contributed by atoms with E-state index in [4.69, 9.17) is 4.74 Å². The Kier molecular flexibility index (Phi) is 5.23. The topological polar surface area (TPSA) is 84.4 Å². The van der Waals surface area contributed by atoms with Crippen LogP contribution in [0.4, 0.5) is 5.69 Å². The first-order chi connectivity index (χ1) is 12.2. The predicted molar refractivity (Wildman–Crippen MR) is 92.2 cm³/mol. The number of nitrogens with zero attached hydrogens (tertiary/aromatic N) is 3. The van der Waals surface area contributed by atoms with Gasteiger partial charge in [0.25, 0.3) is 0 Å². The molecule has 2 heterocycles. The Balaban J connectivity index is 1.55. The first-order valence-electron chi connectivity index (χ1n) is 8.13. The van der Waals surface area contributed by atoms with Gasteiger partial charge in [-0.25, -0.2) is 9.97 Å². The summed E-state index contributed by atoms with van der Waals surface area (Å²) in [6.45, 7) is 0.877. The summed E-state index contributed by atoms with van der Waals surface area (Å²) in [7, 11) is 1.58. The quantitative estimate of drug-likeness (QED) is 0.854. The average Bonchev–Trinajstić information content (AvgIpc) is 3.04. The molecule has 1 N–H and O–H groups in total. The van der Waals surface area contributed by atoms with Crippen LogP contribution in [0.1, 0.15) is 12.0 Å². The van der Waals surface area contributed by atoms with Crippen molar-refractivity contribution in [3.63, 3.8) is 0 Å². The fourth-order valence-electron chi connectivity index (χ4n) is 2.84. The molecule has 2 amide bonds. The zero-order valence-corrected chi connectivity index (χ0v) is 14.0. The van der Waals surface area contributed by atoms with Crippen molar-refractivity contribution >= 4 is 17.5 Å². The molecule has 7 nitrogen and oxygen atoms in total. The van der Waals surface area contributed by atoms with Gasteiger partial charge in [-0.05, 0) is 24.1 Å². The fourth-order valence-corrected chi connectivity index (χ4v) is 2.84. The Labute approximate surface area is 146 Å². The summed E-state index contributed by atoms with van der Waals surface area (Å²) in [6.07, 6.45) is 5.80. The van der Waals surface area contributed by atoms with Crippen LogP contribution in [0.25, 0.3) is 0 Å². The highest BCUT2D eigenvalue weighted by molar-refractivity contribution is 6.00. The number of hydrogen-bond acceptors (Lipinski definition) is 5. The lowest BCUT2D eigenvalue weighted by Gasteiger charge is -2.17. The third-order valence-corrected chi connectivity index (χ3v) is 4.19. The van der Waals surface area contributed by atoms with Crippen LogP contribution in [0.15, 0.2) is 43.0 Å². The molecule has 0 bridgehead atoms. The lowest BCUT2D eigenvalue weighted by molar-refractivity contribution is -0.126. The molecule has 0 saturated carbocycles. The molecule has 7 heteroatoms. The van der Waals surface area contributed by atoms with Gasteiger partial charge in [0.2, 0.25) is 11.8 Å². The van der Waals surface area contributed by atoms with Crippen molar-refractivity contribution in [3.8, 4) is 5.75 Å². The van der Waals surface area contributed by atoms with Crippen molar-refractivity contribution in [1.82, 2.24) is 15.3 Å². The SMILES string of the molecule is COc1cccc(N2C[C@H](C(=O)NCCc3cncnc3)CC2=O)c1. The first kappa shape index (κ1) is 16.9. The summed E-state index contributed by atoms with van der Waals surface area (Å²) >= 11 is 0. The molecule has 25 heavy (non-hydrogen) atoms. The summed E-state index contributed by atoms with van der Waals surface area (Å²) in [5.74, 6) is 0.189. The second-order valence-corrected chi connectivity index (χ2v) is 5.89. The summed E-state index contributed by atoms with van der Waals surface area (Å²) < 4.78 is 5.19. The van der Waals surface area contributed by atoms with Gasteiger partial charge in [0, 0.05) is 43.7 Å². The van der Waals surface area contributed by atoms with Crippen LogP contribution < -0.4 is 15.0 Å². The molecule has 0 unspecified atom stereocenters. The molecule has 1 aromatic heterocycles. The van der Waals surface area contributed by atoms with Gasteiger partial charge in [0.1, 0.15) is 12.1 Å². The lowest BCUT2D eigenvalue weighted by atomic mass is 10.1.